The van der Waals surface area contributed by atoms with Crippen LogP contribution in [0.15, 0.2) is 60.1 Å². The molecule has 2 aromatic carbocycles. The molecule has 0 saturated carbocycles. The van der Waals surface area contributed by atoms with Crippen LogP contribution in [0, 0.1) is 0 Å². The Morgan fingerprint density at radius 2 is 2.00 bits per heavy atom. The molecule has 0 aliphatic carbocycles. The number of thiazole rings is 1. The summed E-state index contributed by atoms with van der Waals surface area (Å²) in [7, 11) is 1.63. The van der Waals surface area contributed by atoms with Crippen LogP contribution >= 0.6 is 11.3 Å². The average molecular weight is 406 g/mol. The molecular weight excluding hydrogens is 388 g/mol. The second-order valence-electron chi connectivity index (χ2n) is 6.40. The van der Waals surface area contributed by atoms with E-state index < -0.39 is 5.91 Å². The van der Waals surface area contributed by atoms with Crippen LogP contribution in [0.1, 0.15) is 16.1 Å². The molecule has 3 N–H and O–H groups in total. The molecule has 2 aromatic heterocycles. The normalized spacial score (nSPS) is 10.8. The van der Waals surface area contributed by atoms with E-state index in [1.807, 2.05) is 40.2 Å². The lowest BCUT2D eigenvalue weighted by molar-refractivity contribution is -0.115. The largest absolute Gasteiger partial charge is 0.497 e. The summed E-state index contributed by atoms with van der Waals surface area (Å²) in [4.78, 5) is 29.0. The number of benzene rings is 2. The number of carbonyl (C=O) groups is 2. The fourth-order valence-corrected chi connectivity index (χ4v) is 3.84. The zero-order valence-corrected chi connectivity index (χ0v) is 16.4. The number of primary amides is 1. The number of hydrogen-bond donors (Lipinski definition) is 2. The summed E-state index contributed by atoms with van der Waals surface area (Å²) in [6.07, 6.45) is 2.12. The first kappa shape index (κ1) is 18.7. The lowest BCUT2D eigenvalue weighted by Crippen LogP contribution is -2.16. The van der Waals surface area contributed by atoms with Crippen LogP contribution in [-0.2, 0) is 11.2 Å². The first-order valence-corrected chi connectivity index (χ1v) is 9.71. The number of fused-ring (bicyclic) bond motifs is 1. The Hall–Kier alpha value is -3.65. The van der Waals surface area contributed by atoms with E-state index in [9.17, 15) is 9.59 Å². The van der Waals surface area contributed by atoms with Crippen molar-refractivity contribution in [1.82, 2.24) is 9.38 Å². The van der Waals surface area contributed by atoms with Gasteiger partial charge in [-0.3, -0.25) is 14.0 Å². The zero-order chi connectivity index (χ0) is 20.4. The van der Waals surface area contributed by atoms with Crippen molar-refractivity contribution in [2.45, 2.75) is 6.42 Å². The van der Waals surface area contributed by atoms with Crippen molar-refractivity contribution >= 4 is 33.8 Å². The van der Waals surface area contributed by atoms with Crippen LogP contribution in [0.4, 0.5) is 5.69 Å². The van der Waals surface area contributed by atoms with Crippen molar-refractivity contribution in [1.29, 1.82) is 0 Å². The number of rotatable bonds is 6. The standard InChI is InChI=1S/C21H18N4O3S/c1-28-17-4-2-3-14(9-17)18-11-25-16(12-29-21(25)24-18)10-19(26)23-15-7-5-13(6-8-15)20(22)27/h2-9,11-12H,10H2,1H3,(H2,22,27)(H,23,26). The molecule has 29 heavy (non-hydrogen) atoms. The Kier molecular flexibility index (Phi) is 5.01. The zero-order valence-electron chi connectivity index (χ0n) is 15.6. The molecule has 0 fully saturated rings. The maximum atomic E-state index is 12.5. The SMILES string of the molecule is COc1cccc(-c2cn3c(CC(=O)Nc4ccc(C(N)=O)cc4)csc3n2)c1. The number of ether oxygens (including phenoxy) is 1. The first-order chi connectivity index (χ1) is 14.0. The van der Waals surface area contributed by atoms with E-state index in [1.165, 1.54) is 11.3 Å². The van der Waals surface area contributed by atoms with Gasteiger partial charge >= 0.3 is 0 Å². The predicted molar refractivity (Wildman–Crippen MR) is 112 cm³/mol. The monoisotopic (exact) mass is 406 g/mol. The lowest BCUT2D eigenvalue weighted by atomic mass is 10.1. The highest BCUT2D eigenvalue weighted by Gasteiger charge is 2.13. The van der Waals surface area contributed by atoms with E-state index >= 15 is 0 Å². The fourth-order valence-electron chi connectivity index (χ4n) is 2.97. The molecule has 0 saturated heterocycles. The van der Waals surface area contributed by atoms with Crippen LogP contribution in [0.25, 0.3) is 16.2 Å². The minimum atomic E-state index is -0.504. The van der Waals surface area contributed by atoms with Crippen LogP contribution in [0.2, 0.25) is 0 Å². The van der Waals surface area contributed by atoms with Gasteiger partial charge in [0.05, 0.1) is 19.2 Å². The topological polar surface area (TPSA) is 98.7 Å². The van der Waals surface area contributed by atoms with Gasteiger partial charge in [-0.15, -0.1) is 11.3 Å². The van der Waals surface area contributed by atoms with Crippen molar-refractivity contribution in [3.63, 3.8) is 0 Å². The maximum Gasteiger partial charge on any atom is 0.248 e. The molecule has 0 radical (unpaired) electrons. The molecule has 146 valence electrons. The van der Waals surface area contributed by atoms with Crippen molar-refractivity contribution in [2.75, 3.05) is 12.4 Å². The Balaban J connectivity index is 1.51. The number of imidazole rings is 1. The second-order valence-corrected chi connectivity index (χ2v) is 7.24. The fraction of sp³-hybridized carbons (Fsp3) is 0.0952. The predicted octanol–water partition coefficient (Wildman–Crippen LogP) is 3.35. The molecule has 4 aromatic rings. The highest BCUT2D eigenvalue weighted by molar-refractivity contribution is 7.15. The number of anilines is 1. The summed E-state index contributed by atoms with van der Waals surface area (Å²) in [5.41, 5.74) is 8.84. The first-order valence-electron chi connectivity index (χ1n) is 8.83. The van der Waals surface area contributed by atoms with Crippen LogP contribution < -0.4 is 15.8 Å². The van der Waals surface area contributed by atoms with Gasteiger partial charge in [0, 0.05) is 34.1 Å². The maximum absolute atomic E-state index is 12.5. The molecular formula is C21H18N4O3S. The minimum Gasteiger partial charge on any atom is -0.497 e. The van der Waals surface area contributed by atoms with Crippen LogP contribution in [0.3, 0.4) is 0 Å². The third-order valence-electron chi connectivity index (χ3n) is 4.44. The molecule has 2 amide bonds. The van der Waals surface area contributed by atoms with Gasteiger partial charge in [-0.2, -0.15) is 0 Å². The number of carbonyl (C=O) groups excluding carboxylic acids is 2. The smallest absolute Gasteiger partial charge is 0.248 e. The Morgan fingerprint density at radius 3 is 2.72 bits per heavy atom. The van der Waals surface area contributed by atoms with Gasteiger partial charge in [0.2, 0.25) is 11.8 Å². The minimum absolute atomic E-state index is 0.159. The Morgan fingerprint density at radius 1 is 1.21 bits per heavy atom. The van der Waals surface area contributed by atoms with Gasteiger partial charge < -0.3 is 15.8 Å². The summed E-state index contributed by atoms with van der Waals surface area (Å²) < 4.78 is 7.20. The summed E-state index contributed by atoms with van der Waals surface area (Å²) >= 11 is 1.48. The Labute approximate surface area is 170 Å². The molecule has 0 aliphatic rings. The molecule has 8 heteroatoms. The third-order valence-corrected chi connectivity index (χ3v) is 5.33. The number of nitrogens with two attached hydrogens (primary N) is 1. The summed E-state index contributed by atoms with van der Waals surface area (Å²) in [6.45, 7) is 0. The van der Waals surface area contributed by atoms with E-state index in [0.717, 1.165) is 27.7 Å². The molecule has 0 unspecified atom stereocenters. The van der Waals surface area contributed by atoms with Gasteiger partial charge in [-0.25, -0.2) is 4.98 Å². The summed E-state index contributed by atoms with van der Waals surface area (Å²) in [5.74, 6) is 0.101. The Bertz CT molecular complexity index is 1190. The van der Waals surface area contributed by atoms with Gasteiger partial charge in [-0.05, 0) is 36.4 Å². The molecule has 0 atom stereocenters. The summed E-state index contributed by atoms with van der Waals surface area (Å²) in [5, 5.41) is 4.75. The van der Waals surface area contributed by atoms with Gasteiger partial charge in [0.25, 0.3) is 0 Å². The number of methoxy groups -OCH3 is 1. The van der Waals surface area contributed by atoms with Crippen molar-refractivity contribution < 1.29 is 14.3 Å². The van der Waals surface area contributed by atoms with Crippen molar-refractivity contribution in [3.05, 3.63) is 71.4 Å². The molecule has 2 heterocycles. The number of hydrogen-bond acceptors (Lipinski definition) is 5. The highest BCUT2D eigenvalue weighted by atomic mass is 32.1. The summed E-state index contributed by atoms with van der Waals surface area (Å²) in [6, 6.07) is 14.2. The van der Waals surface area contributed by atoms with Gasteiger partial charge in [-0.1, -0.05) is 12.1 Å². The van der Waals surface area contributed by atoms with E-state index in [0.29, 0.717) is 11.3 Å². The number of nitrogens with one attached hydrogen (secondary N) is 1. The van der Waals surface area contributed by atoms with Crippen LogP contribution in [0.5, 0.6) is 5.75 Å². The third kappa shape index (κ3) is 3.97. The van der Waals surface area contributed by atoms with E-state index in [2.05, 4.69) is 10.3 Å². The van der Waals surface area contributed by atoms with E-state index in [1.54, 1.807) is 31.4 Å². The number of amides is 2. The second kappa shape index (κ2) is 7.76. The molecule has 0 bridgehead atoms. The van der Waals surface area contributed by atoms with E-state index in [4.69, 9.17) is 10.5 Å². The highest BCUT2D eigenvalue weighted by Crippen LogP contribution is 2.26. The molecule has 4 rings (SSSR count). The number of nitrogens with zero attached hydrogens (tertiary/aromatic N) is 2. The average Bonchev–Trinajstić information content (AvgIpc) is 3.30. The van der Waals surface area contributed by atoms with Crippen molar-refractivity contribution in [3.8, 4) is 17.0 Å². The molecule has 0 spiro atoms. The quantitative estimate of drug-likeness (QED) is 0.513. The molecule has 0 aliphatic heterocycles. The molecule has 7 nitrogen and oxygen atoms in total. The van der Waals surface area contributed by atoms with Crippen molar-refractivity contribution in [2.24, 2.45) is 5.73 Å². The van der Waals surface area contributed by atoms with Crippen LogP contribution in [-0.4, -0.2) is 28.3 Å². The van der Waals surface area contributed by atoms with E-state index in [-0.39, 0.29) is 12.3 Å². The van der Waals surface area contributed by atoms with Gasteiger partial charge in [0.1, 0.15) is 5.75 Å². The lowest BCUT2D eigenvalue weighted by Gasteiger charge is -2.05. The van der Waals surface area contributed by atoms with Gasteiger partial charge in [0.15, 0.2) is 4.96 Å². The number of aromatic nitrogens is 2.